The number of hydrogen-bond acceptors (Lipinski definition) is 5. The van der Waals surface area contributed by atoms with Gasteiger partial charge in [0.1, 0.15) is 17.3 Å². The van der Waals surface area contributed by atoms with Crippen LogP contribution in [0, 0.1) is 0 Å². The molecule has 1 aliphatic heterocycles. The summed E-state index contributed by atoms with van der Waals surface area (Å²) in [7, 11) is 1.54. The Balaban J connectivity index is 1.89. The molecule has 8 heteroatoms. The number of benzene rings is 3. The highest BCUT2D eigenvalue weighted by atomic mass is 35.5. The van der Waals surface area contributed by atoms with Crippen molar-refractivity contribution in [2.45, 2.75) is 32.5 Å². The molecule has 4 rings (SSSR count). The third-order valence-electron chi connectivity index (χ3n) is 5.81. The summed E-state index contributed by atoms with van der Waals surface area (Å²) in [6.45, 7) is 3.90. The molecule has 0 bridgehead atoms. The Labute approximate surface area is 219 Å². The van der Waals surface area contributed by atoms with Crippen LogP contribution in [0.2, 0.25) is 10.0 Å². The lowest BCUT2D eigenvalue weighted by Gasteiger charge is -2.26. The molecular formula is C28H25Cl2NO5. The molecule has 0 saturated carbocycles. The van der Waals surface area contributed by atoms with Crippen molar-refractivity contribution in [3.63, 3.8) is 0 Å². The standard InChI is InChI=1S/C28H25Cl2NO5/c1-16(2)36-20-9-6-8-17(13-20)25-24(26(32)18-11-12-21(29)22(30)14-18)27(33)28(34)31(25)15-19-7-4-5-10-23(19)35-3/h4-14,16,25,32H,15H2,1-3H3/b26-24-. The third kappa shape index (κ3) is 5.06. The molecule has 1 aliphatic rings. The van der Waals surface area contributed by atoms with E-state index in [9.17, 15) is 14.7 Å². The predicted molar refractivity (Wildman–Crippen MR) is 140 cm³/mol. The summed E-state index contributed by atoms with van der Waals surface area (Å²) in [6, 6.07) is 18.1. The molecule has 6 nitrogen and oxygen atoms in total. The van der Waals surface area contributed by atoms with Crippen LogP contribution in [-0.4, -0.2) is 34.9 Å². The van der Waals surface area contributed by atoms with Crippen LogP contribution in [0.15, 0.2) is 72.3 Å². The van der Waals surface area contributed by atoms with E-state index in [4.69, 9.17) is 32.7 Å². The lowest BCUT2D eigenvalue weighted by atomic mass is 9.95. The summed E-state index contributed by atoms with van der Waals surface area (Å²) >= 11 is 12.2. The number of carbonyl (C=O) groups is 2. The number of hydrogen-bond donors (Lipinski definition) is 1. The van der Waals surface area contributed by atoms with Crippen molar-refractivity contribution in [2.75, 3.05) is 7.11 Å². The van der Waals surface area contributed by atoms with E-state index in [-0.39, 0.29) is 34.6 Å². The van der Waals surface area contributed by atoms with E-state index in [2.05, 4.69) is 0 Å². The molecule has 3 aromatic rings. The monoisotopic (exact) mass is 525 g/mol. The van der Waals surface area contributed by atoms with Gasteiger partial charge in [0.25, 0.3) is 11.7 Å². The average Bonchev–Trinajstić information content (AvgIpc) is 3.10. The Hall–Kier alpha value is -3.48. The normalized spacial score (nSPS) is 17.1. The number of rotatable bonds is 7. The van der Waals surface area contributed by atoms with Crippen molar-refractivity contribution in [3.8, 4) is 11.5 Å². The van der Waals surface area contributed by atoms with Gasteiger partial charge in [-0.05, 0) is 55.8 Å². The summed E-state index contributed by atoms with van der Waals surface area (Å²) in [6.07, 6.45) is -0.0728. The Morgan fingerprint density at radius 1 is 1.00 bits per heavy atom. The van der Waals surface area contributed by atoms with Gasteiger partial charge < -0.3 is 19.5 Å². The fraction of sp³-hybridized carbons (Fsp3) is 0.214. The van der Waals surface area contributed by atoms with Crippen molar-refractivity contribution < 1.29 is 24.2 Å². The number of para-hydroxylation sites is 1. The molecule has 1 N–H and O–H groups in total. The maximum atomic E-state index is 13.3. The smallest absolute Gasteiger partial charge is 0.295 e. The number of halogens is 2. The molecule has 1 heterocycles. The van der Waals surface area contributed by atoms with Gasteiger partial charge in [-0.3, -0.25) is 9.59 Å². The lowest BCUT2D eigenvalue weighted by Crippen LogP contribution is -2.29. The Bertz CT molecular complexity index is 1350. The summed E-state index contributed by atoms with van der Waals surface area (Å²) in [5.74, 6) is -0.703. The van der Waals surface area contributed by atoms with Crippen LogP contribution in [0.4, 0.5) is 0 Å². The molecule has 0 radical (unpaired) electrons. The fourth-order valence-electron chi connectivity index (χ4n) is 4.24. The quantitative estimate of drug-likeness (QED) is 0.219. The first kappa shape index (κ1) is 25.6. The van der Waals surface area contributed by atoms with Gasteiger partial charge in [-0.2, -0.15) is 0 Å². The molecular weight excluding hydrogens is 501 g/mol. The fourth-order valence-corrected chi connectivity index (χ4v) is 4.53. The van der Waals surface area contributed by atoms with Gasteiger partial charge in [0, 0.05) is 11.1 Å². The second-order valence-corrected chi connectivity index (χ2v) is 9.42. The molecule has 1 unspecified atom stereocenters. The van der Waals surface area contributed by atoms with E-state index >= 15 is 0 Å². The van der Waals surface area contributed by atoms with E-state index in [0.717, 1.165) is 5.56 Å². The van der Waals surface area contributed by atoms with E-state index in [0.29, 0.717) is 22.1 Å². The number of methoxy groups -OCH3 is 1. The Morgan fingerprint density at radius 3 is 2.44 bits per heavy atom. The molecule has 0 aliphatic carbocycles. The molecule has 1 amide bonds. The van der Waals surface area contributed by atoms with Gasteiger partial charge in [0.05, 0.1) is 41.4 Å². The van der Waals surface area contributed by atoms with Crippen LogP contribution in [0.1, 0.15) is 36.6 Å². The number of carbonyl (C=O) groups excluding carboxylic acids is 2. The summed E-state index contributed by atoms with van der Waals surface area (Å²) < 4.78 is 11.3. The first-order chi connectivity index (χ1) is 17.2. The van der Waals surface area contributed by atoms with Crippen LogP contribution in [0.5, 0.6) is 11.5 Å². The first-order valence-electron chi connectivity index (χ1n) is 11.3. The van der Waals surface area contributed by atoms with Crippen molar-refractivity contribution in [3.05, 3.63) is 99.0 Å². The van der Waals surface area contributed by atoms with E-state index in [1.54, 1.807) is 43.5 Å². The van der Waals surface area contributed by atoms with E-state index < -0.39 is 17.7 Å². The number of aliphatic hydroxyl groups excluding tert-OH is 1. The molecule has 0 spiro atoms. The highest BCUT2D eigenvalue weighted by molar-refractivity contribution is 6.46. The molecule has 36 heavy (non-hydrogen) atoms. The minimum absolute atomic E-state index is 0.0463. The number of Topliss-reactive ketones (excluding diaryl/α,β-unsaturated/α-hetero) is 1. The van der Waals surface area contributed by atoms with Gasteiger partial charge in [-0.1, -0.05) is 53.5 Å². The van der Waals surface area contributed by atoms with Crippen LogP contribution >= 0.6 is 23.2 Å². The largest absolute Gasteiger partial charge is 0.507 e. The minimum Gasteiger partial charge on any atom is -0.507 e. The zero-order valence-electron chi connectivity index (χ0n) is 20.0. The van der Waals surface area contributed by atoms with Crippen molar-refractivity contribution in [1.29, 1.82) is 0 Å². The van der Waals surface area contributed by atoms with Gasteiger partial charge >= 0.3 is 0 Å². The average molecular weight is 526 g/mol. The third-order valence-corrected chi connectivity index (χ3v) is 6.55. The molecule has 3 aromatic carbocycles. The Kier molecular flexibility index (Phi) is 7.57. The van der Waals surface area contributed by atoms with Crippen LogP contribution in [-0.2, 0) is 16.1 Å². The van der Waals surface area contributed by atoms with Gasteiger partial charge in [-0.15, -0.1) is 0 Å². The van der Waals surface area contributed by atoms with Crippen molar-refractivity contribution in [1.82, 2.24) is 4.90 Å². The molecule has 1 saturated heterocycles. The topological polar surface area (TPSA) is 76.1 Å². The molecule has 186 valence electrons. The maximum Gasteiger partial charge on any atom is 0.295 e. The highest BCUT2D eigenvalue weighted by Crippen LogP contribution is 2.42. The van der Waals surface area contributed by atoms with Gasteiger partial charge in [0.15, 0.2) is 0 Å². The zero-order valence-corrected chi connectivity index (χ0v) is 21.5. The predicted octanol–water partition coefficient (Wildman–Crippen LogP) is 6.41. The first-order valence-corrected chi connectivity index (χ1v) is 12.1. The minimum atomic E-state index is -0.875. The summed E-state index contributed by atoms with van der Waals surface area (Å²) in [5, 5.41) is 11.8. The number of ketones is 1. The van der Waals surface area contributed by atoms with Gasteiger partial charge in [-0.25, -0.2) is 0 Å². The van der Waals surface area contributed by atoms with Gasteiger partial charge in [0.2, 0.25) is 0 Å². The summed E-state index contributed by atoms with van der Waals surface area (Å²) in [5.41, 5.74) is 1.56. The van der Waals surface area contributed by atoms with Crippen LogP contribution < -0.4 is 9.47 Å². The number of nitrogens with zero attached hydrogens (tertiary/aromatic N) is 1. The van der Waals surface area contributed by atoms with Crippen molar-refractivity contribution >= 4 is 40.7 Å². The molecule has 1 atom stereocenters. The molecule has 0 aromatic heterocycles. The maximum absolute atomic E-state index is 13.3. The van der Waals surface area contributed by atoms with Crippen LogP contribution in [0.25, 0.3) is 5.76 Å². The van der Waals surface area contributed by atoms with E-state index in [1.165, 1.54) is 17.0 Å². The lowest BCUT2D eigenvalue weighted by molar-refractivity contribution is -0.140. The second-order valence-electron chi connectivity index (χ2n) is 8.61. The Morgan fingerprint density at radius 2 is 1.75 bits per heavy atom. The SMILES string of the molecule is COc1ccccc1CN1C(=O)C(=O)/C(=C(\O)c2ccc(Cl)c(Cl)c2)C1c1cccc(OC(C)C)c1. The molecule has 1 fully saturated rings. The van der Waals surface area contributed by atoms with Crippen molar-refractivity contribution in [2.24, 2.45) is 0 Å². The summed E-state index contributed by atoms with van der Waals surface area (Å²) in [4.78, 5) is 28.1. The second kappa shape index (κ2) is 10.6. The zero-order chi connectivity index (χ0) is 26.0. The number of ether oxygens (including phenoxy) is 2. The van der Waals surface area contributed by atoms with E-state index in [1.807, 2.05) is 32.0 Å². The van der Waals surface area contributed by atoms with Crippen LogP contribution in [0.3, 0.4) is 0 Å². The number of amides is 1. The number of aliphatic hydroxyl groups is 1. The number of likely N-dealkylation sites (tertiary alicyclic amines) is 1. The highest BCUT2D eigenvalue weighted by Gasteiger charge is 2.46.